The van der Waals surface area contributed by atoms with Crippen LogP contribution in [-0.2, 0) is 22.2 Å². The minimum absolute atomic E-state index is 0.0477. The number of halogens is 3. The molecule has 5 nitrogen and oxygen atoms in total. The van der Waals surface area contributed by atoms with Gasteiger partial charge >= 0.3 is 18.0 Å². The maximum absolute atomic E-state index is 12.8. The van der Waals surface area contributed by atoms with Crippen molar-refractivity contribution in [2.75, 3.05) is 19.7 Å². The number of nitrogens with zero attached hydrogens (tertiary/aromatic N) is 1. The molecule has 0 radical (unpaired) electrons. The molecule has 0 spiro atoms. The number of benzene rings is 2. The van der Waals surface area contributed by atoms with Crippen LogP contribution in [-0.4, -0.2) is 47.6 Å². The monoisotopic (exact) mass is 448 g/mol. The average Bonchev–Trinajstić information content (AvgIpc) is 3.24. The number of nitrogens with one attached hydrogen (secondary N) is 1. The molecule has 2 amide bonds. The summed E-state index contributed by atoms with van der Waals surface area (Å²) in [5, 5.41) is 12.1. The number of rotatable bonds is 7. The fourth-order valence-corrected chi connectivity index (χ4v) is 4.17. The lowest BCUT2D eigenvalue weighted by atomic mass is 9.93. The molecule has 0 bridgehead atoms. The summed E-state index contributed by atoms with van der Waals surface area (Å²) in [6, 6.07) is 14.2. The maximum Gasteiger partial charge on any atom is 0.416 e. The molecule has 1 aliphatic rings. The minimum atomic E-state index is -4.40. The highest BCUT2D eigenvalue weighted by Crippen LogP contribution is 2.36. The van der Waals surface area contributed by atoms with Crippen LogP contribution in [0, 0.1) is 0 Å². The highest BCUT2D eigenvalue weighted by atomic mass is 19.4. The Hall–Kier alpha value is -2.87. The number of hydrogen-bond acceptors (Lipinski definition) is 3. The van der Waals surface area contributed by atoms with Crippen molar-refractivity contribution < 1.29 is 27.9 Å². The summed E-state index contributed by atoms with van der Waals surface area (Å²) in [6.45, 7) is 0.0847. The standard InChI is InChI=1S/C24H27F3N2O3/c25-24(26,27)19-11-9-18(10-12-19)20-7-4-8-21(20)28-22(31)23(32)29(15-16-30)14-13-17-5-2-1-3-6-17/h1-3,5-6,9-12,20-21,30H,4,7-8,13-16H2,(H,28,31)/t20-,21+/m0/s1. The van der Waals surface area contributed by atoms with Gasteiger partial charge in [0.05, 0.1) is 12.2 Å². The fourth-order valence-electron chi connectivity index (χ4n) is 4.17. The van der Waals surface area contributed by atoms with E-state index in [0.29, 0.717) is 24.9 Å². The van der Waals surface area contributed by atoms with Crippen LogP contribution in [0.4, 0.5) is 13.2 Å². The van der Waals surface area contributed by atoms with Gasteiger partial charge in [0.2, 0.25) is 0 Å². The Morgan fingerprint density at radius 1 is 1.00 bits per heavy atom. The molecule has 2 aromatic rings. The van der Waals surface area contributed by atoms with Gasteiger partial charge in [-0.15, -0.1) is 0 Å². The zero-order valence-electron chi connectivity index (χ0n) is 17.6. The van der Waals surface area contributed by atoms with E-state index >= 15 is 0 Å². The zero-order chi connectivity index (χ0) is 23.1. The first-order chi connectivity index (χ1) is 15.3. The number of hydrogen-bond donors (Lipinski definition) is 2. The third-order valence-corrected chi connectivity index (χ3v) is 5.86. The van der Waals surface area contributed by atoms with Gasteiger partial charge in [0.1, 0.15) is 0 Å². The molecule has 1 fully saturated rings. The molecule has 2 aromatic carbocycles. The first-order valence-corrected chi connectivity index (χ1v) is 10.7. The maximum atomic E-state index is 12.8. The smallest absolute Gasteiger partial charge is 0.395 e. The second kappa shape index (κ2) is 10.6. The van der Waals surface area contributed by atoms with Crippen molar-refractivity contribution in [2.45, 2.75) is 43.8 Å². The molecule has 32 heavy (non-hydrogen) atoms. The number of carbonyl (C=O) groups excluding carboxylic acids is 2. The van der Waals surface area contributed by atoms with Crippen LogP contribution in [0.3, 0.4) is 0 Å². The van der Waals surface area contributed by atoms with Crippen molar-refractivity contribution in [1.82, 2.24) is 10.2 Å². The van der Waals surface area contributed by atoms with Crippen molar-refractivity contribution in [3.8, 4) is 0 Å². The van der Waals surface area contributed by atoms with Gasteiger partial charge in [-0.3, -0.25) is 9.59 Å². The molecule has 3 rings (SSSR count). The number of amides is 2. The second-order valence-corrected chi connectivity index (χ2v) is 7.99. The summed E-state index contributed by atoms with van der Waals surface area (Å²) in [6.07, 6.45) is -1.67. The van der Waals surface area contributed by atoms with Gasteiger partial charge in [-0.05, 0) is 42.5 Å². The van der Waals surface area contributed by atoms with E-state index in [4.69, 9.17) is 0 Å². The predicted molar refractivity (Wildman–Crippen MR) is 114 cm³/mol. The Bertz CT molecular complexity index is 901. The highest BCUT2D eigenvalue weighted by molar-refractivity contribution is 6.35. The summed E-state index contributed by atoms with van der Waals surface area (Å²) >= 11 is 0. The van der Waals surface area contributed by atoms with Gasteiger partial charge in [-0.25, -0.2) is 0 Å². The van der Waals surface area contributed by atoms with Crippen molar-refractivity contribution >= 4 is 11.8 Å². The molecule has 2 atom stereocenters. The van der Waals surface area contributed by atoms with Crippen LogP contribution in [0.15, 0.2) is 54.6 Å². The molecular formula is C24H27F3N2O3. The Balaban J connectivity index is 1.62. The molecule has 0 unspecified atom stereocenters. The van der Waals surface area contributed by atoms with E-state index in [0.717, 1.165) is 30.5 Å². The van der Waals surface area contributed by atoms with Gasteiger partial charge in [-0.1, -0.05) is 48.9 Å². The Morgan fingerprint density at radius 3 is 2.31 bits per heavy atom. The van der Waals surface area contributed by atoms with Crippen molar-refractivity contribution in [1.29, 1.82) is 0 Å². The van der Waals surface area contributed by atoms with Crippen LogP contribution < -0.4 is 5.32 Å². The molecule has 172 valence electrons. The van der Waals surface area contributed by atoms with E-state index in [1.54, 1.807) is 0 Å². The molecule has 8 heteroatoms. The van der Waals surface area contributed by atoms with E-state index in [2.05, 4.69) is 5.32 Å². The number of aliphatic hydroxyl groups excluding tert-OH is 1. The third-order valence-electron chi connectivity index (χ3n) is 5.86. The Kier molecular flexibility index (Phi) is 7.90. The molecule has 1 aliphatic carbocycles. The van der Waals surface area contributed by atoms with E-state index in [1.165, 1.54) is 17.0 Å². The first-order valence-electron chi connectivity index (χ1n) is 10.7. The van der Waals surface area contributed by atoms with Crippen LogP contribution >= 0.6 is 0 Å². The van der Waals surface area contributed by atoms with E-state index < -0.39 is 23.6 Å². The Morgan fingerprint density at radius 2 is 1.69 bits per heavy atom. The summed E-state index contributed by atoms with van der Waals surface area (Å²) in [5.41, 5.74) is 1.01. The zero-order valence-corrected chi connectivity index (χ0v) is 17.6. The SMILES string of the molecule is O=C(N[C@@H]1CCC[C@H]1c1ccc(C(F)(F)F)cc1)C(=O)N(CCO)CCc1ccccc1. The molecule has 0 saturated heterocycles. The number of alkyl halides is 3. The summed E-state index contributed by atoms with van der Waals surface area (Å²) in [5.74, 6) is -1.62. The summed E-state index contributed by atoms with van der Waals surface area (Å²) < 4.78 is 38.5. The van der Waals surface area contributed by atoms with Gasteiger partial charge in [0, 0.05) is 25.0 Å². The fraction of sp³-hybridized carbons (Fsp3) is 0.417. The van der Waals surface area contributed by atoms with Gasteiger partial charge in [0.15, 0.2) is 0 Å². The molecular weight excluding hydrogens is 421 g/mol. The quantitative estimate of drug-likeness (QED) is 0.637. The van der Waals surface area contributed by atoms with Gasteiger partial charge in [0.25, 0.3) is 0 Å². The number of carbonyl (C=O) groups is 2. The lowest BCUT2D eigenvalue weighted by molar-refractivity contribution is -0.146. The molecule has 0 heterocycles. The largest absolute Gasteiger partial charge is 0.416 e. The van der Waals surface area contributed by atoms with E-state index in [-0.39, 0.29) is 25.1 Å². The van der Waals surface area contributed by atoms with E-state index in [1.807, 2.05) is 30.3 Å². The van der Waals surface area contributed by atoms with Crippen LogP contribution in [0.5, 0.6) is 0 Å². The van der Waals surface area contributed by atoms with Crippen molar-refractivity contribution in [3.63, 3.8) is 0 Å². The molecule has 1 saturated carbocycles. The molecule has 2 N–H and O–H groups in total. The van der Waals surface area contributed by atoms with Crippen molar-refractivity contribution in [2.24, 2.45) is 0 Å². The third kappa shape index (κ3) is 6.09. The predicted octanol–water partition coefficient (Wildman–Crippen LogP) is 3.52. The molecule has 0 aliphatic heterocycles. The van der Waals surface area contributed by atoms with Crippen LogP contribution in [0.1, 0.15) is 41.9 Å². The lowest BCUT2D eigenvalue weighted by Crippen LogP contribution is -2.48. The van der Waals surface area contributed by atoms with E-state index in [9.17, 15) is 27.9 Å². The highest BCUT2D eigenvalue weighted by Gasteiger charge is 2.34. The molecule has 0 aromatic heterocycles. The van der Waals surface area contributed by atoms with Crippen LogP contribution in [0.2, 0.25) is 0 Å². The minimum Gasteiger partial charge on any atom is -0.395 e. The average molecular weight is 448 g/mol. The van der Waals surface area contributed by atoms with Crippen molar-refractivity contribution in [3.05, 3.63) is 71.3 Å². The first kappa shape index (κ1) is 23.8. The van der Waals surface area contributed by atoms with Gasteiger partial charge in [-0.2, -0.15) is 13.2 Å². The topological polar surface area (TPSA) is 69.6 Å². The van der Waals surface area contributed by atoms with Crippen LogP contribution in [0.25, 0.3) is 0 Å². The lowest BCUT2D eigenvalue weighted by Gasteiger charge is -2.25. The van der Waals surface area contributed by atoms with Gasteiger partial charge < -0.3 is 15.3 Å². The summed E-state index contributed by atoms with van der Waals surface area (Å²) in [7, 11) is 0. The Labute approximate surface area is 185 Å². The second-order valence-electron chi connectivity index (χ2n) is 7.99. The normalized spacial score (nSPS) is 18.4. The summed E-state index contributed by atoms with van der Waals surface area (Å²) in [4.78, 5) is 26.7. The number of aliphatic hydroxyl groups is 1.